The Morgan fingerprint density at radius 1 is 1.07 bits per heavy atom. The lowest BCUT2D eigenvalue weighted by atomic mass is 9.79. The van der Waals surface area contributed by atoms with Gasteiger partial charge in [0.1, 0.15) is 12.1 Å². The highest BCUT2D eigenvalue weighted by molar-refractivity contribution is 5.80. The number of benzene rings is 2. The minimum absolute atomic E-state index is 0.0498. The molecule has 2 fully saturated rings. The van der Waals surface area contributed by atoms with Gasteiger partial charge < -0.3 is 30.5 Å². The summed E-state index contributed by atoms with van der Waals surface area (Å²) in [7, 11) is 0. The van der Waals surface area contributed by atoms with Gasteiger partial charge in [0.05, 0.1) is 23.8 Å². The van der Waals surface area contributed by atoms with Crippen LogP contribution in [0.3, 0.4) is 0 Å². The van der Waals surface area contributed by atoms with Crippen LogP contribution in [-0.4, -0.2) is 73.3 Å². The molecule has 2 aliphatic heterocycles. The summed E-state index contributed by atoms with van der Waals surface area (Å²) < 4.78 is 6.86. The van der Waals surface area contributed by atoms with Gasteiger partial charge in [-0.25, -0.2) is 9.78 Å². The molecule has 3 aromatic rings. The number of aromatic nitrogens is 2. The van der Waals surface area contributed by atoms with Crippen molar-refractivity contribution in [2.45, 2.75) is 37.3 Å². The van der Waals surface area contributed by atoms with Crippen LogP contribution >= 0.6 is 0 Å². The van der Waals surface area contributed by atoms with Crippen molar-refractivity contribution in [3.8, 4) is 17.7 Å². The Morgan fingerprint density at radius 3 is 2.40 bits per heavy atom. The number of carboxylic acid groups (broad SMARTS) is 1. The topological polar surface area (TPSA) is 175 Å². The number of nitrogens with two attached hydrogens (primary N) is 1. The van der Waals surface area contributed by atoms with Gasteiger partial charge in [0.15, 0.2) is 5.69 Å². The van der Waals surface area contributed by atoms with E-state index in [1.165, 1.54) is 15.8 Å². The molecule has 12 nitrogen and oxygen atoms in total. The average Bonchev–Trinajstić information content (AvgIpc) is 3.01. The maximum Gasteiger partial charge on any atom is 0.407 e. The molecular weight excluding hydrogens is 540 g/mol. The number of carbonyl (C=O) groups is 2. The van der Waals surface area contributed by atoms with E-state index in [2.05, 4.69) is 4.98 Å². The quantitative estimate of drug-likeness (QED) is 0.401. The number of ether oxygens (including phenoxy) is 1. The number of piperidine rings is 2. The first-order chi connectivity index (χ1) is 20.2. The number of nitriles is 1. The van der Waals surface area contributed by atoms with Crippen LogP contribution in [-0.2, 0) is 11.3 Å². The molecule has 2 aromatic carbocycles. The van der Waals surface area contributed by atoms with Crippen LogP contribution in [0.15, 0.2) is 65.7 Å². The molecule has 0 radical (unpaired) electrons. The van der Waals surface area contributed by atoms with E-state index in [4.69, 9.17) is 15.7 Å². The molecule has 5 rings (SSSR count). The number of amides is 2. The van der Waals surface area contributed by atoms with Gasteiger partial charge in [0.25, 0.3) is 5.56 Å². The van der Waals surface area contributed by atoms with E-state index in [1.54, 1.807) is 29.2 Å². The second-order valence-electron chi connectivity index (χ2n) is 10.8. The third-order valence-corrected chi connectivity index (χ3v) is 8.13. The Balaban J connectivity index is 1.24. The van der Waals surface area contributed by atoms with Crippen LogP contribution in [0.4, 0.5) is 10.5 Å². The van der Waals surface area contributed by atoms with Gasteiger partial charge >= 0.3 is 6.09 Å². The maximum absolute atomic E-state index is 13.7. The SMILES string of the molecule is N#Cc1ccc(Oc2ncn(CC3(O)CCN(C(=O)[C@@H]4CCN(C(=O)O)C[C@H]4c4ccccc4)CC3)c(=O)c2N)cc1. The normalized spacial score (nSPS) is 20.0. The zero-order chi connectivity index (χ0) is 29.9. The van der Waals surface area contributed by atoms with Crippen LogP contribution in [0.1, 0.15) is 36.3 Å². The van der Waals surface area contributed by atoms with Crippen LogP contribution in [0.5, 0.6) is 11.6 Å². The van der Waals surface area contributed by atoms with Gasteiger partial charge in [-0.15, -0.1) is 0 Å². The minimum atomic E-state index is -1.25. The molecule has 2 aliphatic rings. The number of rotatable bonds is 6. The van der Waals surface area contributed by atoms with Crippen LogP contribution in [0, 0.1) is 17.2 Å². The van der Waals surface area contributed by atoms with Crippen LogP contribution < -0.4 is 16.0 Å². The molecule has 2 amide bonds. The summed E-state index contributed by atoms with van der Waals surface area (Å²) in [5, 5.41) is 29.8. The number of hydrogen-bond donors (Lipinski definition) is 3. The Morgan fingerprint density at radius 2 is 1.76 bits per heavy atom. The molecule has 218 valence electrons. The highest BCUT2D eigenvalue weighted by Crippen LogP contribution is 2.35. The summed E-state index contributed by atoms with van der Waals surface area (Å²) >= 11 is 0. The lowest BCUT2D eigenvalue weighted by molar-refractivity contribution is -0.142. The molecule has 0 spiro atoms. The van der Waals surface area contributed by atoms with E-state index < -0.39 is 17.3 Å². The second-order valence-corrected chi connectivity index (χ2v) is 10.8. The monoisotopic (exact) mass is 572 g/mol. The third-order valence-electron chi connectivity index (χ3n) is 8.13. The van der Waals surface area contributed by atoms with Crippen LogP contribution in [0.25, 0.3) is 0 Å². The fraction of sp³-hybridized carbons (Fsp3) is 0.367. The van der Waals surface area contributed by atoms with E-state index >= 15 is 0 Å². The van der Waals surface area contributed by atoms with Crippen molar-refractivity contribution < 1.29 is 24.5 Å². The summed E-state index contributed by atoms with van der Waals surface area (Å²) in [5.41, 5.74) is 5.38. The zero-order valence-corrected chi connectivity index (χ0v) is 22.9. The van der Waals surface area contributed by atoms with Crippen LogP contribution in [0.2, 0.25) is 0 Å². The maximum atomic E-state index is 13.7. The highest BCUT2D eigenvalue weighted by atomic mass is 16.5. The van der Waals surface area contributed by atoms with Crippen molar-refractivity contribution in [1.29, 1.82) is 5.26 Å². The number of nitrogens with zero attached hydrogens (tertiary/aromatic N) is 5. The molecule has 0 bridgehead atoms. The van der Waals surface area contributed by atoms with Gasteiger partial charge in [-0.05, 0) is 49.1 Å². The summed E-state index contributed by atoms with van der Waals surface area (Å²) in [6, 6.07) is 17.8. The average molecular weight is 573 g/mol. The predicted octanol–water partition coefficient (Wildman–Crippen LogP) is 2.63. The zero-order valence-electron chi connectivity index (χ0n) is 22.9. The molecule has 2 saturated heterocycles. The third kappa shape index (κ3) is 6.06. The van der Waals surface area contributed by atoms with Gasteiger partial charge in [-0.1, -0.05) is 30.3 Å². The van der Waals surface area contributed by atoms with Gasteiger partial charge in [0.2, 0.25) is 11.8 Å². The summed E-state index contributed by atoms with van der Waals surface area (Å²) in [5.74, 6) is -0.394. The smallest absolute Gasteiger partial charge is 0.407 e. The Kier molecular flexibility index (Phi) is 8.13. The van der Waals surface area contributed by atoms with Crippen molar-refractivity contribution in [3.63, 3.8) is 0 Å². The number of nitrogen functional groups attached to an aromatic ring is 1. The second kappa shape index (κ2) is 11.9. The van der Waals surface area contributed by atoms with Crippen molar-refractivity contribution >= 4 is 17.7 Å². The molecule has 2 atom stereocenters. The van der Waals surface area contributed by atoms with E-state index in [0.717, 1.165) is 5.56 Å². The molecule has 12 heteroatoms. The molecule has 3 heterocycles. The molecule has 0 aliphatic carbocycles. The molecule has 42 heavy (non-hydrogen) atoms. The first-order valence-electron chi connectivity index (χ1n) is 13.7. The molecule has 1 aromatic heterocycles. The number of likely N-dealkylation sites (tertiary alicyclic amines) is 2. The lowest BCUT2D eigenvalue weighted by Gasteiger charge is -2.42. The van der Waals surface area contributed by atoms with E-state index in [0.29, 0.717) is 30.8 Å². The Hall–Kier alpha value is -4.89. The van der Waals surface area contributed by atoms with Gasteiger partial charge in [0, 0.05) is 38.0 Å². The standard InChI is InChI=1S/C30H32N6O6/c31-16-20-6-8-22(9-7-20)42-26-25(32)28(38)36(19-33-26)18-30(41)11-14-34(15-12-30)27(37)23-10-13-35(29(39)40)17-24(23)21-4-2-1-3-5-21/h1-9,19,23-24,41H,10-15,17-18,32H2,(H,39,40)/t23-,24+/m1/s1. The van der Waals surface area contributed by atoms with E-state index in [-0.39, 0.29) is 61.8 Å². The van der Waals surface area contributed by atoms with Gasteiger partial charge in [-0.3, -0.25) is 14.2 Å². The lowest BCUT2D eigenvalue weighted by Crippen LogP contribution is -2.53. The summed E-state index contributed by atoms with van der Waals surface area (Å²) in [6.45, 7) is 1.08. The Bertz CT molecular complexity index is 1540. The molecule has 4 N–H and O–H groups in total. The molecule has 0 saturated carbocycles. The number of aliphatic hydroxyl groups is 1. The first-order valence-corrected chi connectivity index (χ1v) is 13.7. The van der Waals surface area contributed by atoms with Gasteiger partial charge in [-0.2, -0.15) is 5.26 Å². The Labute approximate surface area is 242 Å². The largest absolute Gasteiger partial charge is 0.465 e. The summed E-state index contributed by atoms with van der Waals surface area (Å²) in [4.78, 5) is 45.5. The van der Waals surface area contributed by atoms with Crippen molar-refractivity contribution in [2.24, 2.45) is 5.92 Å². The highest BCUT2D eigenvalue weighted by Gasteiger charge is 2.41. The fourth-order valence-electron chi connectivity index (χ4n) is 5.71. The van der Waals surface area contributed by atoms with Crippen molar-refractivity contribution in [1.82, 2.24) is 19.4 Å². The summed E-state index contributed by atoms with van der Waals surface area (Å²) in [6.07, 6.45) is 1.19. The van der Waals surface area contributed by atoms with Crippen molar-refractivity contribution in [3.05, 3.63) is 82.4 Å². The minimum Gasteiger partial charge on any atom is -0.465 e. The number of anilines is 1. The molecular formula is C30H32N6O6. The van der Waals surface area contributed by atoms with Crippen molar-refractivity contribution in [2.75, 3.05) is 31.9 Å². The molecule has 0 unspecified atom stereocenters. The predicted molar refractivity (Wildman–Crippen MR) is 152 cm³/mol. The number of hydrogen-bond acceptors (Lipinski definition) is 8. The number of carbonyl (C=O) groups excluding carboxylic acids is 1. The van der Waals surface area contributed by atoms with E-state index in [1.807, 2.05) is 36.4 Å². The first kappa shape index (κ1) is 28.6. The fourth-order valence-corrected chi connectivity index (χ4v) is 5.71. The van der Waals surface area contributed by atoms with E-state index in [9.17, 15) is 24.6 Å².